The molecule has 1 aliphatic rings. The first kappa shape index (κ1) is 9.15. The SMILES string of the molecule is Cc1ccc([N+](=O)[O-])cc1C1CCN1. The Balaban J connectivity index is 2.36. The number of aryl methyl sites for hydroxylation is 1. The normalized spacial score (nSPS) is 20.2. The molecule has 1 N–H and O–H groups in total. The van der Waals surface area contributed by atoms with Gasteiger partial charge in [0.05, 0.1) is 4.92 Å². The number of nitrogens with one attached hydrogen (secondary N) is 1. The summed E-state index contributed by atoms with van der Waals surface area (Å²) >= 11 is 0. The number of hydrogen-bond donors (Lipinski definition) is 1. The fraction of sp³-hybridized carbons (Fsp3) is 0.400. The summed E-state index contributed by atoms with van der Waals surface area (Å²) in [6.45, 7) is 2.99. The van der Waals surface area contributed by atoms with Crippen LogP contribution in [0.25, 0.3) is 0 Å². The van der Waals surface area contributed by atoms with Gasteiger partial charge in [-0.1, -0.05) is 6.07 Å². The van der Waals surface area contributed by atoms with E-state index in [4.69, 9.17) is 0 Å². The minimum absolute atomic E-state index is 0.180. The van der Waals surface area contributed by atoms with Crippen LogP contribution in [0.3, 0.4) is 0 Å². The first-order chi connectivity index (χ1) is 6.68. The molecule has 1 heterocycles. The molecule has 0 aromatic heterocycles. The van der Waals surface area contributed by atoms with Crippen molar-refractivity contribution in [2.24, 2.45) is 0 Å². The molecular formula is C10H12N2O2. The Morgan fingerprint density at radius 1 is 1.57 bits per heavy atom. The molecule has 0 bridgehead atoms. The summed E-state index contributed by atoms with van der Waals surface area (Å²) in [5.74, 6) is 0. The molecule has 0 radical (unpaired) electrons. The van der Waals surface area contributed by atoms with Crippen LogP contribution in [-0.2, 0) is 0 Å². The Morgan fingerprint density at radius 3 is 2.79 bits per heavy atom. The summed E-state index contributed by atoms with van der Waals surface area (Å²) in [5.41, 5.74) is 2.36. The van der Waals surface area contributed by atoms with Crippen molar-refractivity contribution >= 4 is 5.69 Å². The molecule has 74 valence electrons. The number of rotatable bonds is 2. The molecule has 1 aromatic carbocycles. The van der Waals surface area contributed by atoms with Gasteiger partial charge in [0.15, 0.2) is 0 Å². The van der Waals surface area contributed by atoms with E-state index in [1.54, 1.807) is 12.1 Å². The van der Waals surface area contributed by atoms with Gasteiger partial charge in [-0.15, -0.1) is 0 Å². The summed E-state index contributed by atoms with van der Waals surface area (Å²) in [4.78, 5) is 10.2. The molecule has 4 nitrogen and oxygen atoms in total. The second kappa shape index (κ2) is 3.38. The highest BCUT2D eigenvalue weighted by molar-refractivity contribution is 5.41. The first-order valence-corrected chi connectivity index (χ1v) is 4.67. The van der Waals surface area contributed by atoms with E-state index in [9.17, 15) is 10.1 Å². The van der Waals surface area contributed by atoms with Crippen LogP contribution in [0.15, 0.2) is 18.2 Å². The maximum absolute atomic E-state index is 10.6. The highest BCUT2D eigenvalue weighted by atomic mass is 16.6. The zero-order valence-electron chi connectivity index (χ0n) is 7.99. The topological polar surface area (TPSA) is 55.2 Å². The number of benzene rings is 1. The van der Waals surface area contributed by atoms with Gasteiger partial charge < -0.3 is 5.32 Å². The second-order valence-electron chi connectivity index (χ2n) is 3.59. The molecule has 0 saturated carbocycles. The second-order valence-corrected chi connectivity index (χ2v) is 3.59. The third kappa shape index (κ3) is 1.48. The largest absolute Gasteiger partial charge is 0.310 e. The summed E-state index contributed by atoms with van der Waals surface area (Å²) in [6.07, 6.45) is 1.07. The lowest BCUT2D eigenvalue weighted by molar-refractivity contribution is -0.385. The molecule has 1 unspecified atom stereocenters. The minimum Gasteiger partial charge on any atom is -0.310 e. The van der Waals surface area contributed by atoms with Gasteiger partial charge in [0, 0.05) is 18.2 Å². The van der Waals surface area contributed by atoms with Crippen molar-refractivity contribution in [3.05, 3.63) is 39.4 Å². The van der Waals surface area contributed by atoms with Crippen LogP contribution in [-0.4, -0.2) is 11.5 Å². The number of hydrogen-bond acceptors (Lipinski definition) is 3. The Bertz CT molecular complexity index is 372. The van der Waals surface area contributed by atoms with Crippen molar-refractivity contribution in [2.45, 2.75) is 19.4 Å². The molecule has 0 aliphatic carbocycles. The number of nitro groups is 1. The Hall–Kier alpha value is -1.42. The van der Waals surface area contributed by atoms with Gasteiger partial charge >= 0.3 is 0 Å². The van der Waals surface area contributed by atoms with E-state index in [1.807, 2.05) is 13.0 Å². The highest BCUT2D eigenvalue weighted by Crippen LogP contribution is 2.28. The Labute approximate surface area is 82.1 Å². The molecule has 4 heteroatoms. The van der Waals surface area contributed by atoms with Crippen LogP contribution in [0.2, 0.25) is 0 Å². The van der Waals surface area contributed by atoms with Crippen LogP contribution in [0.5, 0.6) is 0 Å². The van der Waals surface area contributed by atoms with Crippen LogP contribution < -0.4 is 5.32 Å². The van der Waals surface area contributed by atoms with Crippen LogP contribution in [0.1, 0.15) is 23.6 Å². The average molecular weight is 192 g/mol. The van der Waals surface area contributed by atoms with E-state index in [0.717, 1.165) is 24.1 Å². The molecule has 14 heavy (non-hydrogen) atoms. The summed E-state index contributed by atoms with van der Waals surface area (Å²) in [6, 6.07) is 5.35. The van der Waals surface area contributed by atoms with Crippen LogP contribution >= 0.6 is 0 Å². The van der Waals surface area contributed by atoms with Crippen molar-refractivity contribution in [1.82, 2.24) is 5.32 Å². The van der Waals surface area contributed by atoms with E-state index in [1.165, 1.54) is 0 Å². The van der Waals surface area contributed by atoms with Gasteiger partial charge in [-0.05, 0) is 31.0 Å². The fourth-order valence-electron chi connectivity index (χ4n) is 1.67. The van der Waals surface area contributed by atoms with E-state index in [2.05, 4.69) is 5.32 Å². The van der Waals surface area contributed by atoms with Gasteiger partial charge in [-0.2, -0.15) is 0 Å². The van der Waals surface area contributed by atoms with Crippen molar-refractivity contribution in [3.8, 4) is 0 Å². The molecule has 0 spiro atoms. The zero-order chi connectivity index (χ0) is 10.1. The molecule has 1 aliphatic heterocycles. The molecular weight excluding hydrogens is 180 g/mol. The van der Waals surface area contributed by atoms with E-state index < -0.39 is 0 Å². The van der Waals surface area contributed by atoms with E-state index in [-0.39, 0.29) is 10.6 Å². The van der Waals surface area contributed by atoms with Gasteiger partial charge in [-0.25, -0.2) is 0 Å². The summed E-state index contributed by atoms with van der Waals surface area (Å²) < 4.78 is 0. The minimum atomic E-state index is -0.346. The quantitative estimate of drug-likeness (QED) is 0.575. The third-order valence-electron chi connectivity index (χ3n) is 2.67. The highest BCUT2D eigenvalue weighted by Gasteiger charge is 2.22. The van der Waals surface area contributed by atoms with Crippen molar-refractivity contribution in [1.29, 1.82) is 0 Å². The lowest BCUT2D eigenvalue weighted by Crippen LogP contribution is -2.35. The lowest BCUT2D eigenvalue weighted by atomic mass is 9.94. The maximum atomic E-state index is 10.6. The van der Waals surface area contributed by atoms with Gasteiger partial charge in [0.1, 0.15) is 0 Å². The molecule has 1 saturated heterocycles. The number of non-ortho nitro benzene ring substituents is 1. The lowest BCUT2D eigenvalue weighted by Gasteiger charge is -2.29. The molecule has 2 rings (SSSR count). The van der Waals surface area contributed by atoms with Gasteiger partial charge in [0.2, 0.25) is 0 Å². The molecule has 1 fully saturated rings. The molecule has 0 amide bonds. The summed E-state index contributed by atoms with van der Waals surface area (Å²) in [7, 11) is 0. The Kier molecular flexibility index (Phi) is 2.21. The number of nitro benzene ring substituents is 1. The Morgan fingerprint density at radius 2 is 2.29 bits per heavy atom. The van der Waals surface area contributed by atoms with Crippen molar-refractivity contribution in [2.75, 3.05) is 6.54 Å². The first-order valence-electron chi connectivity index (χ1n) is 4.67. The molecule has 1 aromatic rings. The van der Waals surface area contributed by atoms with Gasteiger partial charge in [0.25, 0.3) is 5.69 Å². The zero-order valence-corrected chi connectivity index (χ0v) is 7.99. The van der Waals surface area contributed by atoms with Crippen molar-refractivity contribution < 1.29 is 4.92 Å². The van der Waals surface area contributed by atoms with Crippen molar-refractivity contribution in [3.63, 3.8) is 0 Å². The maximum Gasteiger partial charge on any atom is 0.269 e. The van der Waals surface area contributed by atoms with E-state index in [0.29, 0.717) is 6.04 Å². The predicted octanol–water partition coefficient (Wildman–Crippen LogP) is 1.94. The smallest absolute Gasteiger partial charge is 0.269 e. The van der Waals surface area contributed by atoms with Crippen LogP contribution in [0, 0.1) is 17.0 Å². The van der Waals surface area contributed by atoms with E-state index >= 15 is 0 Å². The monoisotopic (exact) mass is 192 g/mol. The van der Waals surface area contributed by atoms with Crippen LogP contribution in [0.4, 0.5) is 5.69 Å². The number of nitrogens with zero attached hydrogens (tertiary/aromatic N) is 1. The fourth-order valence-corrected chi connectivity index (χ4v) is 1.67. The van der Waals surface area contributed by atoms with Gasteiger partial charge in [-0.3, -0.25) is 10.1 Å². The third-order valence-corrected chi connectivity index (χ3v) is 2.67. The predicted molar refractivity (Wildman–Crippen MR) is 53.2 cm³/mol. The standard InChI is InChI=1S/C10H12N2O2/c1-7-2-3-8(12(13)14)6-9(7)10-4-5-11-10/h2-3,6,10-11H,4-5H2,1H3. The average Bonchev–Trinajstić information content (AvgIpc) is 2.05. The molecule has 1 atom stereocenters. The summed E-state index contributed by atoms with van der Waals surface area (Å²) in [5, 5.41) is 13.8.